The summed E-state index contributed by atoms with van der Waals surface area (Å²) in [6, 6.07) is 26.5. The number of hydrogen-bond acceptors (Lipinski definition) is 7. The van der Waals surface area contributed by atoms with Crippen LogP contribution < -0.4 is 10.6 Å². The van der Waals surface area contributed by atoms with Gasteiger partial charge in [-0.25, -0.2) is 0 Å². The average molecular weight is 605 g/mol. The number of nitrogens with one attached hydrogen (secondary N) is 2. The highest BCUT2D eigenvalue weighted by Gasteiger charge is 2.21. The summed E-state index contributed by atoms with van der Waals surface area (Å²) in [5, 5.41) is 27.7. The van der Waals surface area contributed by atoms with Gasteiger partial charge in [-0.05, 0) is 68.6 Å². The van der Waals surface area contributed by atoms with Crippen molar-refractivity contribution in [3.63, 3.8) is 0 Å². The van der Waals surface area contributed by atoms with Gasteiger partial charge in [0.1, 0.15) is 11.8 Å². The average Bonchev–Trinajstić information content (AvgIpc) is 3.76. The molecule has 0 aliphatic carbocycles. The summed E-state index contributed by atoms with van der Waals surface area (Å²) >= 11 is 6.86. The number of hydrogen-bond donors (Lipinski definition) is 2. The molecule has 2 aromatic heterocycles. The van der Waals surface area contributed by atoms with Gasteiger partial charge in [0, 0.05) is 23.8 Å². The second kappa shape index (κ2) is 13.9. The molecular formula is C35H37ClN8. The van der Waals surface area contributed by atoms with Crippen LogP contribution in [0, 0.1) is 11.3 Å². The Morgan fingerprint density at radius 2 is 1.68 bits per heavy atom. The van der Waals surface area contributed by atoms with E-state index in [9.17, 15) is 5.26 Å². The number of rotatable bonds is 12. The fourth-order valence-electron chi connectivity index (χ4n) is 6.02. The molecule has 9 heteroatoms. The van der Waals surface area contributed by atoms with E-state index < -0.39 is 0 Å². The highest BCUT2D eigenvalue weighted by molar-refractivity contribution is 6.35. The van der Waals surface area contributed by atoms with Gasteiger partial charge in [0.15, 0.2) is 0 Å². The van der Waals surface area contributed by atoms with Crippen molar-refractivity contribution in [1.82, 2.24) is 24.9 Å². The molecule has 1 saturated heterocycles. The molecule has 6 rings (SSSR count). The Morgan fingerprint density at radius 1 is 0.955 bits per heavy atom. The fourth-order valence-corrected chi connectivity index (χ4v) is 6.29. The molecule has 3 aromatic carbocycles. The maximum absolute atomic E-state index is 10.0. The van der Waals surface area contributed by atoms with E-state index >= 15 is 0 Å². The Hall–Kier alpha value is -4.45. The van der Waals surface area contributed by atoms with E-state index in [2.05, 4.69) is 68.1 Å². The lowest BCUT2D eigenvalue weighted by atomic mass is 10.0. The maximum Gasteiger partial charge on any atom is 0.109 e. The number of anilines is 2. The van der Waals surface area contributed by atoms with Gasteiger partial charge in [0.25, 0.3) is 0 Å². The molecule has 0 radical (unpaired) electrons. The third-order valence-corrected chi connectivity index (χ3v) is 8.62. The predicted octanol–water partition coefficient (Wildman–Crippen LogP) is 7.60. The zero-order valence-electron chi connectivity index (χ0n) is 25.0. The molecule has 0 spiro atoms. The summed E-state index contributed by atoms with van der Waals surface area (Å²) in [5.74, 6) is 0. The van der Waals surface area contributed by atoms with Crippen LogP contribution >= 0.6 is 11.6 Å². The van der Waals surface area contributed by atoms with Crippen LogP contribution in [-0.4, -0.2) is 44.5 Å². The molecule has 0 bridgehead atoms. The summed E-state index contributed by atoms with van der Waals surface area (Å²) in [4.78, 5) is 7.09. The van der Waals surface area contributed by atoms with Gasteiger partial charge in [-0.15, -0.1) is 5.10 Å². The number of likely N-dealkylation sites (tertiary alicyclic amines) is 1. The third-order valence-electron chi connectivity index (χ3n) is 8.33. The summed E-state index contributed by atoms with van der Waals surface area (Å²) in [6.07, 6.45) is 8.11. The van der Waals surface area contributed by atoms with Crippen LogP contribution in [0.1, 0.15) is 67.1 Å². The molecule has 44 heavy (non-hydrogen) atoms. The number of nitriles is 1. The Labute approximate surface area is 263 Å². The second-order valence-electron chi connectivity index (χ2n) is 11.3. The van der Waals surface area contributed by atoms with Gasteiger partial charge >= 0.3 is 0 Å². The normalized spacial score (nSPS) is 14.8. The van der Waals surface area contributed by atoms with Gasteiger partial charge in [0.2, 0.25) is 0 Å². The highest BCUT2D eigenvalue weighted by atomic mass is 35.5. The van der Waals surface area contributed by atoms with Gasteiger partial charge in [-0.2, -0.15) is 5.26 Å². The van der Waals surface area contributed by atoms with Crippen molar-refractivity contribution in [3.8, 4) is 6.07 Å². The SMILES string of the molecule is CCC(Nc1c(C#N)cnc2c(Cl)cc(NC(c3ccccc3)c3cn(CCCN4CCCC4)nn3)cc12)c1ccccc1. The number of pyridine rings is 1. The number of benzene rings is 3. The van der Waals surface area contributed by atoms with E-state index in [0.29, 0.717) is 16.1 Å². The van der Waals surface area contributed by atoms with Gasteiger partial charge < -0.3 is 15.5 Å². The van der Waals surface area contributed by atoms with E-state index in [0.717, 1.165) is 59.5 Å². The summed E-state index contributed by atoms with van der Waals surface area (Å²) in [6.45, 7) is 6.44. The molecule has 3 heterocycles. The molecule has 5 aromatic rings. The number of fused-ring (bicyclic) bond motifs is 1. The highest BCUT2D eigenvalue weighted by Crippen LogP contribution is 2.37. The van der Waals surface area contributed by atoms with Crippen LogP contribution in [0.2, 0.25) is 5.02 Å². The minimum absolute atomic E-state index is 0.0156. The van der Waals surface area contributed by atoms with E-state index in [4.69, 9.17) is 11.6 Å². The quantitative estimate of drug-likeness (QED) is 0.151. The first kappa shape index (κ1) is 29.6. The van der Waals surface area contributed by atoms with Crippen molar-refractivity contribution in [3.05, 3.63) is 113 Å². The topological polar surface area (TPSA) is 94.7 Å². The standard InChI is InChI=1S/C35H37ClN8/c1-2-31(25-12-5-3-6-13-25)40-33-27(22-37)23-38-35-29(33)20-28(21-30(35)36)39-34(26-14-7-4-8-15-26)32-24-44(42-41-32)19-11-18-43-16-9-10-17-43/h3-8,12-15,20-21,23-24,31,34,39H,2,9-11,16-19H2,1H3,(H,38,40). The predicted molar refractivity (Wildman–Crippen MR) is 177 cm³/mol. The molecule has 2 unspecified atom stereocenters. The molecule has 1 fully saturated rings. The molecule has 0 saturated carbocycles. The summed E-state index contributed by atoms with van der Waals surface area (Å²) in [5.41, 5.74) is 5.66. The zero-order valence-corrected chi connectivity index (χ0v) is 25.7. The Balaban J connectivity index is 1.32. The molecule has 2 N–H and O–H groups in total. The Kier molecular flexibility index (Phi) is 9.35. The van der Waals surface area contributed by atoms with Crippen molar-refractivity contribution in [2.75, 3.05) is 30.3 Å². The van der Waals surface area contributed by atoms with E-state index in [1.54, 1.807) is 6.20 Å². The van der Waals surface area contributed by atoms with Crippen LogP contribution in [0.4, 0.5) is 11.4 Å². The summed E-state index contributed by atoms with van der Waals surface area (Å²) < 4.78 is 1.94. The number of halogens is 1. The Morgan fingerprint density at radius 3 is 2.39 bits per heavy atom. The number of aryl methyl sites for hydroxylation is 1. The molecule has 1 aliphatic heterocycles. The molecular weight excluding hydrogens is 568 g/mol. The van der Waals surface area contributed by atoms with Crippen LogP contribution in [0.25, 0.3) is 10.9 Å². The largest absolute Gasteiger partial charge is 0.377 e. The van der Waals surface area contributed by atoms with E-state index in [1.165, 1.54) is 25.9 Å². The van der Waals surface area contributed by atoms with Gasteiger partial charge in [-0.1, -0.05) is 84.4 Å². The minimum atomic E-state index is -0.256. The van der Waals surface area contributed by atoms with E-state index in [-0.39, 0.29) is 12.1 Å². The molecule has 8 nitrogen and oxygen atoms in total. The monoisotopic (exact) mass is 604 g/mol. The van der Waals surface area contributed by atoms with Crippen molar-refractivity contribution in [1.29, 1.82) is 5.26 Å². The first-order valence-electron chi connectivity index (χ1n) is 15.4. The lowest BCUT2D eigenvalue weighted by Gasteiger charge is -2.22. The smallest absolute Gasteiger partial charge is 0.109 e. The molecule has 224 valence electrons. The number of nitrogens with zero attached hydrogens (tertiary/aromatic N) is 6. The van der Waals surface area contributed by atoms with E-state index in [1.807, 2.05) is 59.4 Å². The van der Waals surface area contributed by atoms with Crippen LogP contribution in [0.5, 0.6) is 0 Å². The third kappa shape index (κ3) is 6.70. The first-order chi connectivity index (χ1) is 21.6. The fraction of sp³-hybridized carbons (Fsp3) is 0.314. The second-order valence-corrected chi connectivity index (χ2v) is 11.7. The zero-order chi connectivity index (χ0) is 30.3. The molecule has 0 amide bonds. The maximum atomic E-state index is 10.0. The van der Waals surface area contributed by atoms with Crippen molar-refractivity contribution < 1.29 is 0 Å². The van der Waals surface area contributed by atoms with Gasteiger partial charge in [0.05, 0.1) is 40.1 Å². The van der Waals surface area contributed by atoms with Crippen LogP contribution in [0.3, 0.4) is 0 Å². The van der Waals surface area contributed by atoms with Crippen molar-refractivity contribution in [2.24, 2.45) is 0 Å². The number of aromatic nitrogens is 4. The first-order valence-corrected chi connectivity index (χ1v) is 15.8. The summed E-state index contributed by atoms with van der Waals surface area (Å²) in [7, 11) is 0. The lowest BCUT2D eigenvalue weighted by molar-refractivity contribution is 0.321. The van der Waals surface area contributed by atoms with Crippen LogP contribution in [-0.2, 0) is 6.54 Å². The van der Waals surface area contributed by atoms with Gasteiger partial charge in [-0.3, -0.25) is 9.67 Å². The molecule has 1 aliphatic rings. The Bertz CT molecular complexity index is 1730. The minimum Gasteiger partial charge on any atom is -0.377 e. The molecule has 2 atom stereocenters. The van der Waals surface area contributed by atoms with Crippen molar-refractivity contribution in [2.45, 2.75) is 51.2 Å². The lowest BCUT2D eigenvalue weighted by Crippen LogP contribution is -2.21. The van der Waals surface area contributed by atoms with Crippen LogP contribution in [0.15, 0.2) is 85.2 Å². The van der Waals surface area contributed by atoms with Crippen molar-refractivity contribution >= 4 is 33.9 Å².